The van der Waals surface area contributed by atoms with Crippen molar-refractivity contribution in [2.75, 3.05) is 26.3 Å². The van der Waals surface area contributed by atoms with Gasteiger partial charge in [-0.25, -0.2) is 0 Å². The number of ether oxygens (including phenoxy) is 1. The first-order valence-electron chi connectivity index (χ1n) is 7.40. The van der Waals surface area contributed by atoms with E-state index in [9.17, 15) is 0 Å². The Bertz CT molecular complexity index is 450. The number of halogens is 1. The lowest BCUT2D eigenvalue weighted by Crippen LogP contribution is -2.38. The average Bonchev–Trinajstić information content (AvgIpc) is 2.91. The largest absolute Gasteiger partial charge is 0.381 e. The van der Waals surface area contributed by atoms with Crippen molar-refractivity contribution in [1.82, 2.24) is 15.1 Å². The molecular weight excluding hydrogens is 274 g/mol. The van der Waals surface area contributed by atoms with Gasteiger partial charge in [0.25, 0.3) is 0 Å². The number of hydrogen-bond donors (Lipinski definition) is 1. The molecule has 20 heavy (non-hydrogen) atoms. The minimum Gasteiger partial charge on any atom is -0.381 e. The first-order chi connectivity index (χ1) is 9.43. The summed E-state index contributed by atoms with van der Waals surface area (Å²) in [6, 6.07) is 0. The predicted molar refractivity (Wildman–Crippen MR) is 82.2 cm³/mol. The monoisotopic (exact) mass is 299 g/mol. The second-order valence-electron chi connectivity index (χ2n) is 6.47. The highest BCUT2D eigenvalue weighted by atomic mass is 35.5. The third-order valence-corrected chi connectivity index (χ3v) is 4.53. The topological polar surface area (TPSA) is 39.1 Å². The standard InChI is InChI=1S/C15H26ClN3O/c1-11(2)8-17-9-15(5-6-20-10-15)7-13-14(16)12(3)18-19(13)4/h11,17H,5-10H2,1-4H3. The Hall–Kier alpha value is -0.580. The molecule has 1 aliphatic rings. The van der Waals surface area contributed by atoms with Gasteiger partial charge in [-0.05, 0) is 32.2 Å². The second-order valence-corrected chi connectivity index (χ2v) is 6.85. The van der Waals surface area contributed by atoms with Gasteiger partial charge in [0.1, 0.15) is 0 Å². The van der Waals surface area contributed by atoms with Crippen molar-refractivity contribution in [3.8, 4) is 0 Å². The molecule has 0 aliphatic carbocycles. The van der Waals surface area contributed by atoms with E-state index in [1.807, 2.05) is 18.7 Å². The molecule has 1 fully saturated rings. The van der Waals surface area contributed by atoms with E-state index >= 15 is 0 Å². The maximum atomic E-state index is 6.39. The summed E-state index contributed by atoms with van der Waals surface area (Å²) in [6.45, 7) is 10.1. The van der Waals surface area contributed by atoms with Crippen LogP contribution < -0.4 is 5.32 Å². The zero-order valence-electron chi connectivity index (χ0n) is 13.0. The van der Waals surface area contributed by atoms with Gasteiger partial charge in [-0.3, -0.25) is 4.68 Å². The van der Waals surface area contributed by atoms with E-state index in [4.69, 9.17) is 16.3 Å². The van der Waals surface area contributed by atoms with Gasteiger partial charge in [0.2, 0.25) is 0 Å². The Balaban J connectivity index is 2.08. The van der Waals surface area contributed by atoms with Crippen LogP contribution in [0.3, 0.4) is 0 Å². The Labute approximate surface area is 126 Å². The van der Waals surface area contributed by atoms with Crippen molar-refractivity contribution in [3.63, 3.8) is 0 Å². The maximum Gasteiger partial charge on any atom is 0.0847 e. The quantitative estimate of drug-likeness (QED) is 0.877. The van der Waals surface area contributed by atoms with Crippen LogP contribution in [0.2, 0.25) is 5.02 Å². The van der Waals surface area contributed by atoms with Crippen LogP contribution in [0.15, 0.2) is 0 Å². The Morgan fingerprint density at radius 2 is 2.25 bits per heavy atom. The van der Waals surface area contributed by atoms with E-state index in [1.165, 1.54) is 0 Å². The van der Waals surface area contributed by atoms with E-state index in [1.54, 1.807) is 0 Å². The molecule has 5 heteroatoms. The molecule has 2 heterocycles. The van der Waals surface area contributed by atoms with Crippen LogP contribution in [-0.4, -0.2) is 36.1 Å². The Morgan fingerprint density at radius 3 is 2.75 bits per heavy atom. The first-order valence-corrected chi connectivity index (χ1v) is 7.78. The fourth-order valence-electron chi connectivity index (χ4n) is 2.84. The molecule has 0 saturated carbocycles. The molecule has 0 radical (unpaired) electrons. The van der Waals surface area contributed by atoms with Gasteiger partial charge < -0.3 is 10.1 Å². The molecule has 1 aliphatic heterocycles. The summed E-state index contributed by atoms with van der Waals surface area (Å²) >= 11 is 6.39. The molecule has 0 spiro atoms. The zero-order chi connectivity index (χ0) is 14.8. The molecule has 2 rings (SSSR count). The second kappa shape index (κ2) is 6.46. The van der Waals surface area contributed by atoms with E-state index in [0.29, 0.717) is 5.92 Å². The molecule has 0 bridgehead atoms. The van der Waals surface area contributed by atoms with Crippen LogP contribution in [0.1, 0.15) is 31.7 Å². The summed E-state index contributed by atoms with van der Waals surface area (Å²) in [5, 5.41) is 8.80. The third-order valence-electron chi connectivity index (χ3n) is 4.04. The highest BCUT2D eigenvalue weighted by Crippen LogP contribution is 2.34. The average molecular weight is 300 g/mol. The minimum absolute atomic E-state index is 0.152. The van der Waals surface area contributed by atoms with E-state index < -0.39 is 0 Å². The van der Waals surface area contributed by atoms with Crippen LogP contribution in [0.25, 0.3) is 0 Å². The molecule has 4 nitrogen and oxygen atoms in total. The van der Waals surface area contributed by atoms with E-state index in [-0.39, 0.29) is 5.41 Å². The van der Waals surface area contributed by atoms with Gasteiger partial charge in [-0.15, -0.1) is 0 Å². The van der Waals surface area contributed by atoms with Crippen molar-refractivity contribution in [3.05, 3.63) is 16.4 Å². The van der Waals surface area contributed by atoms with Gasteiger partial charge >= 0.3 is 0 Å². The van der Waals surface area contributed by atoms with Crippen molar-refractivity contribution in [1.29, 1.82) is 0 Å². The highest BCUT2D eigenvalue weighted by Gasteiger charge is 2.36. The predicted octanol–water partition coefficient (Wildman–Crippen LogP) is 2.58. The number of aryl methyl sites for hydroxylation is 2. The van der Waals surface area contributed by atoms with Crippen LogP contribution >= 0.6 is 11.6 Å². The molecule has 1 N–H and O–H groups in total. The number of nitrogens with zero attached hydrogens (tertiary/aromatic N) is 2. The number of rotatable bonds is 6. The van der Waals surface area contributed by atoms with Crippen LogP contribution in [0, 0.1) is 18.3 Å². The summed E-state index contributed by atoms with van der Waals surface area (Å²) in [4.78, 5) is 0. The SMILES string of the molecule is Cc1nn(C)c(CC2(CNCC(C)C)CCOC2)c1Cl. The summed E-state index contributed by atoms with van der Waals surface area (Å²) in [5.41, 5.74) is 2.19. The molecule has 1 saturated heterocycles. The first kappa shape index (κ1) is 15.8. The molecule has 0 aromatic carbocycles. The van der Waals surface area contributed by atoms with Crippen molar-refractivity contribution in [2.24, 2.45) is 18.4 Å². The van der Waals surface area contributed by atoms with Crippen LogP contribution in [0.4, 0.5) is 0 Å². The van der Waals surface area contributed by atoms with Crippen molar-refractivity contribution >= 4 is 11.6 Å². The minimum atomic E-state index is 0.152. The van der Waals surface area contributed by atoms with Gasteiger partial charge in [0, 0.05) is 25.6 Å². The number of aromatic nitrogens is 2. The lowest BCUT2D eigenvalue weighted by molar-refractivity contribution is 0.147. The smallest absolute Gasteiger partial charge is 0.0847 e. The number of nitrogens with one attached hydrogen (secondary N) is 1. The lowest BCUT2D eigenvalue weighted by Gasteiger charge is -2.28. The van der Waals surface area contributed by atoms with Crippen LogP contribution in [0.5, 0.6) is 0 Å². The summed E-state index contributed by atoms with van der Waals surface area (Å²) < 4.78 is 7.58. The van der Waals surface area contributed by atoms with Crippen molar-refractivity contribution < 1.29 is 4.74 Å². The fourth-order valence-corrected chi connectivity index (χ4v) is 3.07. The molecule has 1 unspecified atom stereocenters. The summed E-state index contributed by atoms with van der Waals surface area (Å²) in [5.74, 6) is 0.664. The maximum absolute atomic E-state index is 6.39. The molecule has 114 valence electrons. The van der Waals surface area contributed by atoms with Gasteiger partial charge in [0.15, 0.2) is 0 Å². The molecule has 1 aromatic heterocycles. The molecule has 1 atom stereocenters. The lowest BCUT2D eigenvalue weighted by atomic mass is 9.82. The Kier molecular flexibility index (Phi) is 5.10. The third kappa shape index (κ3) is 3.54. The highest BCUT2D eigenvalue weighted by molar-refractivity contribution is 6.31. The Morgan fingerprint density at radius 1 is 1.50 bits per heavy atom. The van der Waals surface area contributed by atoms with Gasteiger partial charge in [-0.2, -0.15) is 5.10 Å². The zero-order valence-corrected chi connectivity index (χ0v) is 13.8. The van der Waals surface area contributed by atoms with E-state index in [2.05, 4.69) is 24.3 Å². The number of hydrogen-bond acceptors (Lipinski definition) is 3. The van der Waals surface area contributed by atoms with E-state index in [0.717, 1.165) is 55.6 Å². The normalized spacial score (nSPS) is 22.9. The van der Waals surface area contributed by atoms with Crippen LogP contribution in [-0.2, 0) is 18.2 Å². The fraction of sp³-hybridized carbons (Fsp3) is 0.800. The molecule has 0 amide bonds. The van der Waals surface area contributed by atoms with Gasteiger partial charge in [0.05, 0.1) is 23.0 Å². The van der Waals surface area contributed by atoms with Crippen molar-refractivity contribution in [2.45, 2.75) is 33.6 Å². The molecule has 1 aromatic rings. The molecular formula is C15H26ClN3O. The summed E-state index contributed by atoms with van der Waals surface area (Å²) in [7, 11) is 1.97. The summed E-state index contributed by atoms with van der Waals surface area (Å²) in [6.07, 6.45) is 2.01. The van der Waals surface area contributed by atoms with Gasteiger partial charge in [-0.1, -0.05) is 25.4 Å².